The number of carbonyl (C=O) groups is 1. The maximum absolute atomic E-state index is 13.2. The van der Waals surface area contributed by atoms with Crippen LogP contribution in [0, 0.1) is 6.92 Å². The van der Waals surface area contributed by atoms with E-state index in [1.54, 1.807) is 33.1 Å². The molecule has 7 nitrogen and oxygen atoms in total. The highest BCUT2D eigenvalue weighted by Crippen LogP contribution is 2.41. The number of benzene rings is 2. The molecule has 39 heavy (non-hydrogen) atoms. The van der Waals surface area contributed by atoms with Crippen molar-refractivity contribution in [2.75, 3.05) is 19.0 Å². The molecule has 1 aliphatic rings. The normalized spacial score (nSPS) is 19.0. The summed E-state index contributed by atoms with van der Waals surface area (Å²) in [5.41, 5.74) is 11.4. The van der Waals surface area contributed by atoms with Crippen LogP contribution in [0.3, 0.4) is 0 Å². The van der Waals surface area contributed by atoms with Gasteiger partial charge in [0.25, 0.3) is 0 Å². The van der Waals surface area contributed by atoms with E-state index in [4.69, 9.17) is 15.5 Å². The highest BCUT2D eigenvalue weighted by Gasteiger charge is 2.35. The summed E-state index contributed by atoms with van der Waals surface area (Å²) in [6.07, 6.45) is 1.96. The molecule has 3 unspecified atom stereocenters. The Bertz CT molecular complexity index is 1330. The van der Waals surface area contributed by atoms with Gasteiger partial charge in [-0.25, -0.2) is 4.98 Å². The van der Waals surface area contributed by atoms with E-state index in [0.717, 1.165) is 46.6 Å². The molecule has 0 saturated carbocycles. The Hall–Kier alpha value is -3.26. The monoisotopic (exact) mass is 531 g/mol. The number of Topliss-reactive ketones (excluding diaryl/α,β-unsaturated/α-hetero) is 1. The second-order valence-electron chi connectivity index (χ2n) is 11.4. The number of ketones is 1. The van der Waals surface area contributed by atoms with Crippen molar-refractivity contribution in [3.8, 4) is 17.0 Å². The Kier molecular flexibility index (Phi) is 8.45. The number of nitrogens with zero attached hydrogens (tertiary/aromatic N) is 1. The number of anilines is 1. The van der Waals surface area contributed by atoms with Crippen LogP contribution in [-0.4, -0.2) is 40.7 Å². The Balaban J connectivity index is 1.60. The third-order valence-electron chi connectivity index (χ3n) is 7.74. The zero-order valence-corrected chi connectivity index (χ0v) is 23.7. The minimum Gasteiger partial charge on any atom is -0.496 e. The number of ether oxygens (including phenoxy) is 1. The number of aryl methyl sites for hydroxylation is 2. The smallest absolute Gasteiger partial charge is 0.163 e. The summed E-state index contributed by atoms with van der Waals surface area (Å²) in [7, 11) is 1.58. The predicted molar refractivity (Wildman–Crippen MR) is 155 cm³/mol. The topological polar surface area (TPSA) is 118 Å². The molecule has 1 aliphatic heterocycles. The third-order valence-corrected chi connectivity index (χ3v) is 7.74. The molecule has 7 heteroatoms. The van der Waals surface area contributed by atoms with Gasteiger partial charge in [-0.15, -0.1) is 0 Å². The number of rotatable bonds is 10. The minimum absolute atomic E-state index is 0.0855. The second-order valence-corrected chi connectivity index (χ2v) is 11.4. The Morgan fingerprint density at radius 1 is 1.23 bits per heavy atom. The molecule has 0 radical (unpaired) electrons. The fourth-order valence-corrected chi connectivity index (χ4v) is 5.07. The number of pyridine rings is 1. The van der Waals surface area contributed by atoms with E-state index in [9.17, 15) is 15.0 Å². The summed E-state index contributed by atoms with van der Waals surface area (Å²) in [5, 5.41) is 24.7. The lowest BCUT2D eigenvalue weighted by molar-refractivity contribution is 0.0396. The fraction of sp³-hybridized carbons (Fsp3) is 0.438. The quantitative estimate of drug-likeness (QED) is 0.264. The molecule has 2 aromatic carbocycles. The van der Waals surface area contributed by atoms with E-state index in [1.165, 1.54) is 0 Å². The van der Waals surface area contributed by atoms with Gasteiger partial charge in [0.1, 0.15) is 11.4 Å². The van der Waals surface area contributed by atoms with Gasteiger partial charge in [-0.3, -0.25) is 4.79 Å². The van der Waals surface area contributed by atoms with Crippen LogP contribution in [0.2, 0.25) is 0 Å². The van der Waals surface area contributed by atoms with Crippen LogP contribution in [-0.2, 0) is 17.6 Å². The summed E-state index contributed by atoms with van der Waals surface area (Å²) in [4.78, 5) is 18.1. The molecule has 0 saturated heterocycles. The lowest BCUT2D eigenvalue weighted by Gasteiger charge is -2.36. The second kappa shape index (κ2) is 11.5. The van der Waals surface area contributed by atoms with E-state index in [-0.39, 0.29) is 18.6 Å². The van der Waals surface area contributed by atoms with Crippen molar-refractivity contribution in [3.63, 3.8) is 0 Å². The number of carbonyl (C=O) groups excluding carboxylic acids is 1. The lowest BCUT2D eigenvalue weighted by atomic mass is 9.82. The maximum atomic E-state index is 13.2. The van der Waals surface area contributed by atoms with Gasteiger partial charge in [0, 0.05) is 29.6 Å². The first kappa shape index (κ1) is 28.7. The molecule has 0 fully saturated rings. The number of aliphatic hydroxyl groups excluding tert-OH is 1. The number of hydrogen-bond donors (Lipinski definition) is 4. The molecule has 5 N–H and O–H groups in total. The van der Waals surface area contributed by atoms with Crippen molar-refractivity contribution in [3.05, 3.63) is 76.5 Å². The van der Waals surface area contributed by atoms with Crippen LogP contribution in [0.4, 0.5) is 5.69 Å². The number of nitrogens with one attached hydrogen (secondary N) is 1. The highest BCUT2D eigenvalue weighted by atomic mass is 16.5. The van der Waals surface area contributed by atoms with Crippen molar-refractivity contribution < 1.29 is 19.7 Å². The van der Waals surface area contributed by atoms with E-state index in [2.05, 4.69) is 5.32 Å². The number of fused-ring (bicyclic) bond motifs is 1. The fourth-order valence-electron chi connectivity index (χ4n) is 5.07. The van der Waals surface area contributed by atoms with Gasteiger partial charge in [0.05, 0.1) is 30.3 Å². The largest absolute Gasteiger partial charge is 0.496 e. The van der Waals surface area contributed by atoms with Gasteiger partial charge in [-0.1, -0.05) is 42.0 Å². The summed E-state index contributed by atoms with van der Waals surface area (Å²) in [5.74, 6) is 0.541. The molecule has 1 aromatic heterocycles. The summed E-state index contributed by atoms with van der Waals surface area (Å²) in [6.45, 7) is 8.25. The SMILES string of the molecule is COc1cc(C(=O)CCC(C)(O)c2cc3c(c(-c4ccc(C)cc4)n2)NCCC3(C)N)ccc1CCC(C)O. The molecule has 4 rings (SSSR count). The Morgan fingerprint density at radius 3 is 2.62 bits per heavy atom. The van der Waals surface area contributed by atoms with Crippen LogP contribution in [0.1, 0.15) is 79.2 Å². The minimum atomic E-state index is -1.35. The number of aromatic nitrogens is 1. The van der Waals surface area contributed by atoms with Crippen LogP contribution in [0.25, 0.3) is 11.3 Å². The predicted octanol–water partition coefficient (Wildman–Crippen LogP) is 5.24. The van der Waals surface area contributed by atoms with Crippen molar-refractivity contribution in [2.45, 2.75) is 77.0 Å². The number of aliphatic hydroxyl groups is 2. The van der Waals surface area contributed by atoms with E-state index >= 15 is 0 Å². The zero-order chi connectivity index (χ0) is 28.4. The average Bonchev–Trinajstić information content (AvgIpc) is 2.90. The Labute approximate surface area is 231 Å². The van der Waals surface area contributed by atoms with Gasteiger partial charge < -0.3 is 26.0 Å². The first-order valence-corrected chi connectivity index (χ1v) is 13.7. The maximum Gasteiger partial charge on any atom is 0.163 e. The molecule has 0 bridgehead atoms. The van der Waals surface area contributed by atoms with Gasteiger partial charge in [0.2, 0.25) is 0 Å². The van der Waals surface area contributed by atoms with Gasteiger partial charge in [-0.2, -0.15) is 0 Å². The molecular formula is C32H41N3O4. The van der Waals surface area contributed by atoms with Crippen molar-refractivity contribution in [1.82, 2.24) is 4.98 Å². The standard InChI is InChI=1S/C32H41N3O4/c1-20-6-9-23(10-7-20)29-30-25(31(3,33)16-17-34-30)19-28(35-29)32(4,38)15-14-26(37)24-13-12-22(11-8-21(2)36)27(18-24)39-5/h6-7,9-10,12-13,18-19,21,34,36,38H,8,11,14-17,33H2,1-5H3. The van der Waals surface area contributed by atoms with E-state index in [0.29, 0.717) is 29.8 Å². The third kappa shape index (κ3) is 6.49. The van der Waals surface area contributed by atoms with E-state index < -0.39 is 17.2 Å². The summed E-state index contributed by atoms with van der Waals surface area (Å²) in [6, 6.07) is 15.4. The molecule has 3 aromatic rings. The molecule has 0 aliphatic carbocycles. The number of hydrogen-bond acceptors (Lipinski definition) is 7. The van der Waals surface area contributed by atoms with Crippen molar-refractivity contribution >= 4 is 11.5 Å². The summed E-state index contributed by atoms with van der Waals surface area (Å²) < 4.78 is 5.51. The number of nitrogens with two attached hydrogens (primary N) is 1. The lowest BCUT2D eigenvalue weighted by Crippen LogP contribution is -2.40. The van der Waals surface area contributed by atoms with Gasteiger partial charge >= 0.3 is 0 Å². The molecule has 0 amide bonds. The van der Waals surface area contributed by atoms with E-state index in [1.807, 2.05) is 50.2 Å². The van der Waals surface area contributed by atoms with Crippen LogP contribution in [0.5, 0.6) is 5.75 Å². The van der Waals surface area contributed by atoms with Gasteiger partial charge in [0.15, 0.2) is 5.78 Å². The van der Waals surface area contributed by atoms with Gasteiger partial charge in [-0.05, 0) is 76.6 Å². The molecule has 208 valence electrons. The van der Waals surface area contributed by atoms with Crippen LogP contribution in [0.15, 0.2) is 48.5 Å². The molecule has 3 atom stereocenters. The number of methoxy groups -OCH3 is 1. The molecule has 2 heterocycles. The molecule has 0 spiro atoms. The Morgan fingerprint density at radius 2 is 1.95 bits per heavy atom. The van der Waals surface area contributed by atoms with Crippen molar-refractivity contribution in [2.24, 2.45) is 5.73 Å². The van der Waals surface area contributed by atoms with Crippen molar-refractivity contribution in [1.29, 1.82) is 0 Å². The van der Waals surface area contributed by atoms with Crippen LogP contribution < -0.4 is 15.8 Å². The first-order chi connectivity index (χ1) is 18.4. The molecular weight excluding hydrogens is 490 g/mol. The summed E-state index contributed by atoms with van der Waals surface area (Å²) >= 11 is 0. The highest BCUT2D eigenvalue weighted by molar-refractivity contribution is 5.96. The van der Waals surface area contributed by atoms with Crippen LogP contribution >= 0.6 is 0 Å². The first-order valence-electron chi connectivity index (χ1n) is 13.7. The zero-order valence-electron chi connectivity index (χ0n) is 23.7. The average molecular weight is 532 g/mol.